The number of ether oxygens (including phenoxy) is 1. The first-order valence-electron chi connectivity index (χ1n) is 7.71. The highest BCUT2D eigenvalue weighted by Gasteiger charge is 2.29. The number of carbonyl (C=O) groups is 1. The van der Waals surface area contributed by atoms with Gasteiger partial charge >= 0.3 is 6.09 Å². The monoisotopic (exact) mass is 314 g/mol. The molecule has 2 aromatic rings. The van der Waals surface area contributed by atoms with Crippen LogP contribution in [-0.4, -0.2) is 17.1 Å². The van der Waals surface area contributed by atoms with E-state index in [2.05, 4.69) is 4.98 Å². The number of amides is 1. The van der Waals surface area contributed by atoms with E-state index in [0.717, 1.165) is 35.3 Å². The molecule has 5 heteroatoms. The van der Waals surface area contributed by atoms with E-state index in [9.17, 15) is 9.18 Å². The fourth-order valence-electron chi connectivity index (χ4n) is 2.88. The van der Waals surface area contributed by atoms with Gasteiger partial charge in [-0.25, -0.2) is 9.18 Å². The second-order valence-electron chi connectivity index (χ2n) is 5.83. The predicted octanol–water partition coefficient (Wildman–Crippen LogP) is 4.01. The zero-order valence-electron chi connectivity index (χ0n) is 13.3. The first-order valence-corrected chi connectivity index (χ1v) is 7.71. The van der Waals surface area contributed by atoms with Crippen LogP contribution in [-0.2, 0) is 17.8 Å². The summed E-state index contributed by atoms with van der Waals surface area (Å²) in [5.74, 6) is -0.280. The smallest absolute Gasteiger partial charge is 0.414 e. The summed E-state index contributed by atoms with van der Waals surface area (Å²) in [6.45, 7) is 4.03. The van der Waals surface area contributed by atoms with Crippen molar-refractivity contribution < 1.29 is 13.9 Å². The van der Waals surface area contributed by atoms with Crippen molar-refractivity contribution in [1.82, 2.24) is 4.98 Å². The predicted molar refractivity (Wildman–Crippen MR) is 85.8 cm³/mol. The largest absolute Gasteiger partial charge is 0.444 e. The van der Waals surface area contributed by atoms with Gasteiger partial charge in [0.1, 0.15) is 12.4 Å². The number of pyridine rings is 1. The number of fused-ring (bicyclic) bond motifs is 1. The second-order valence-corrected chi connectivity index (χ2v) is 5.83. The Bertz CT molecular complexity index is 733. The Morgan fingerprint density at radius 3 is 3.04 bits per heavy atom. The third-order valence-electron chi connectivity index (χ3n) is 4.24. The molecule has 23 heavy (non-hydrogen) atoms. The number of hydrogen-bond acceptors (Lipinski definition) is 3. The molecule has 3 rings (SSSR count). The van der Waals surface area contributed by atoms with Crippen molar-refractivity contribution >= 4 is 11.8 Å². The fraction of sp³-hybridized carbons (Fsp3) is 0.333. The number of rotatable bonds is 2. The number of halogens is 1. The molecular weight excluding hydrogens is 295 g/mol. The van der Waals surface area contributed by atoms with Gasteiger partial charge in [-0.05, 0) is 56.5 Å². The summed E-state index contributed by atoms with van der Waals surface area (Å²) in [6.07, 6.45) is 2.85. The summed E-state index contributed by atoms with van der Waals surface area (Å²) in [5, 5.41) is 0. The molecule has 1 atom stereocenters. The molecule has 0 aliphatic carbocycles. The van der Waals surface area contributed by atoms with Crippen LogP contribution in [0, 0.1) is 12.7 Å². The summed E-state index contributed by atoms with van der Waals surface area (Å²) in [6, 6.07) is 8.25. The summed E-state index contributed by atoms with van der Waals surface area (Å²) in [7, 11) is 0. The van der Waals surface area contributed by atoms with Crippen LogP contribution in [0.25, 0.3) is 0 Å². The molecule has 0 bridgehead atoms. The summed E-state index contributed by atoms with van der Waals surface area (Å²) in [5.41, 5.74) is 3.30. The number of hydrogen-bond donors (Lipinski definition) is 0. The third kappa shape index (κ3) is 3.18. The van der Waals surface area contributed by atoms with E-state index in [4.69, 9.17) is 4.74 Å². The van der Waals surface area contributed by atoms with Crippen LogP contribution in [0.3, 0.4) is 0 Å². The van der Waals surface area contributed by atoms with Crippen LogP contribution >= 0.6 is 0 Å². The minimum Gasteiger partial charge on any atom is -0.444 e. The van der Waals surface area contributed by atoms with E-state index in [0.29, 0.717) is 0 Å². The van der Waals surface area contributed by atoms with Gasteiger partial charge in [0.15, 0.2) is 0 Å². The lowest BCUT2D eigenvalue weighted by molar-refractivity contribution is 0.144. The molecule has 0 saturated heterocycles. The van der Waals surface area contributed by atoms with Crippen molar-refractivity contribution in [3.05, 3.63) is 59.2 Å². The Labute approximate surface area is 134 Å². The number of benzene rings is 1. The molecule has 1 aromatic heterocycles. The molecule has 0 fully saturated rings. The number of nitrogens with zero attached hydrogens (tertiary/aromatic N) is 2. The summed E-state index contributed by atoms with van der Waals surface area (Å²) < 4.78 is 18.9. The van der Waals surface area contributed by atoms with Gasteiger partial charge < -0.3 is 4.74 Å². The van der Waals surface area contributed by atoms with E-state index in [-0.39, 0.29) is 18.5 Å². The quantitative estimate of drug-likeness (QED) is 0.841. The first kappa shape index (κ1) is 15.5. The molecule has 0 saturated carbocycles. The topological polar surface area (TPSA) is 42.4 Å². The van der Waals surface area contributed by atoms with Crippen LogP contribution in [0.5, 0.6) is 0 Å². The average molecular weight is 314 g/mol. The molecular formula is C18H19FN2O2. The molecule has 0 radical (unpaired) electrons. The molecule has 1 unspecified atom stereocenters. The van der Waals surface area contributed by atoms with Crippen LogP contribution in [0.2, 0.25) is 0 Å². The molecule has 1 aromatic carbocycles. The van der Waals surface area contributed by atoms with E-state index >= 15 is 0 Å². The molecule has 120 valence electrons. The highest BCUT2D eigenvalue weighted by molar-refractivity contribution is 5.90. The molecule has 0 N–H and O–H groups in total. The van der Waals surface area contributed by atoms with Crippen molar-refractivity contribution in [2.45, 2.75) is 39.3 Å². The minimum atomic E-state index is -0.409. The third-order valence-corrected chi connectivity index (χ3v) is 4.24. The molecule has 0 spiro atoms. The average Bonchev–Trinajstić information content (AvgIpc) is 2.54. The minimum absolute atomic E-state index is 0.0236. The lowest BCUT2D eigenvalue weighted by Gasteiger charge is -2.34. The van der Waals surface area contributed by atoms with Crippen molar-refractivity contribution in [2.75, 3.05) is 4.90 Å². The van der Waals surface area contributed by atoms with Gasteiger partial charge in [-0.3, -0.25) is 9.88 Å². The van der Waals surface area contributed by atoms with Crippen LogP contribution in [0.1, 0.15) is 30.2 Å². The van der Waals surface area contributed by atoms with Gasteiger partial charge in [0.05, 0.1) is 5.69 Å². The van der Waals surface area contributed by atoms with Gasteiger partial charge in [-0.2, -0.15) is 0 Å². The SMILES string of the molecule is Cc1ncccc1COC(=O)N1c2ccc(F)cc2CCC1C. The van der Waals surface area contributed by atoms with Crippen molar-refractivity contribution in [1.29, 1.82) is 0 Å². The number of carbonyl (C=O) groups excluding carboxylic acids is 1. The lowest BCUT2D eigenvalue weighted by atomic mass is 9.97. The van der Waals surface area contributed by atoms with Crippen LogP contribution in [0.15, 0.2) is 36.5 Å². The van der Waals surface area contributed by atoms with E-state index < -0.39 is 6.09 Å². The molecule has 1 amide bonds. The zero-order valence-corrected chi connectivity index (χ0v) is 13.3. The Hall–Kier alpha value is -2.43. The molecule has 4 nitrogen and oxygen atoms in total. The second kappa shape index (κ2) is 6.36. The summed E-state index contributed by atoms with van der Waals surface area (Å²) in [4.78, 5) is 18.3. The van der Waals surface area contributed by atoms with Gasteiger partial charge in [0, 0.05) is 23.5 Å². The summed E-state index contributed by atoms with van der Waals surface area (Å²) >= 11 is 0. The Kier molecular flexibility index (Phi) is 4.28. The molecule has 1 aliphatic heterocycles. The van der Waals surface area contributed by atoms with Gasteiger partial charge in [-0.15, -0.1) is 0 Å². The molecule has 1 aliphatic rings. The Balaban J connectivity index is 1.78. The zero-order chi connectivity index (χ0) is 16.4. The van der Waals surface area contributed by atoms with Gasteiger partial charge in [0.2, 0.25) is 0 Å². The van der Waals surface area contributed by atoms with Crippen LogP contribution < -0.4 is 4.90 Å². The van der Waals surface area contributed by atoms with E-state index in [1.807, 2.05) is 26.0 Å². The standard InChI is InChI=1S/C18H19FN2O2/c1-12-5-6-14-10-16(19)7-8-17(14)21(12)18(22)23-11-15-4-3-9-20-13(15)2/h3-4,7-10,12H,5-6,11H2,1-2H3. The lowest BCUT2D eigenvalue weighted by Crippen LogP contribution is -2.42. The fourth-order valence-corrected chi connectivity index (χ4v) is 2.88. The Morgan fingerprint density at radius 1 is 1.43 bits per heavy atom. The number of aromatic nitrogens is 1. The Morgan fingerprint density at radius 2 is 2.26 bits per heavy atom. The molecule has 2 heterocycles. The van der Waals surface area contributed by atoms with Gasteiger partial charge in [-0.1, -0.05) is 6.07 Å². The number of aryl methyl sites for hydroxylation is 2. The highest BCUT2D eigenvalue weighted by atomic mass is 19.1. The van der Waals surface area contributed by atoms with E-state index in [1.165, 1.54) is 12.1 Å². The first-order chi connectivity index (χ1) is 11.1. The van der Waals surface area contributed by atoms with Crippen molar-refractivity contribution in [3.63, 3.8) is 0 Å². The van der Waals surface area contributed by atoms with Crippen molar-refractivity contribution in [3.8, 4) is 0 Å². The highest BCUT2D eigenvalue weighted by Crippen LogP contribution is 2.31. The van der Waals surface area contributed by atoms with Crippen molar-refractivity contribution in [2.24, 2.45) is 0 Å². The maximum absolute atomic E-state index is 13.4. The normalized spacial score (nSPS) is 16.8. The van der Waals surface area contributed by atoms with Crippen LogP contribution in [0.4, 0.5) is 14.9 Å². The maximum atomic E-state index is 13.4. The van der Waals surface area contributed by atoms with Gasteiger partial charge in [0.25, 0.3) is 0 Å². The number of anilines is 1. The van der Waals surface area contributed by atoms with E-state index in [1.54, 1.807) is 17.2 Å². The maximum Gasteiger partial charge on any atom is 0.414 e.